The van der Waals surface area contributed by atoms with Crippen LogP contribution < -0.4 is 4.74 Å². The topological polar surface area (TPSA) is 93.3 Å². The van der Waals surface area contributed by atoms with Gasteiger partial charge in [-0.05, 0) is 47.7 Å². The van der Waals surface area contributed by atoms with Crippen molar-refractivity contribution >= 4 is 35.0 Å². The van der Waals surface area contributed by atoms with Crippen LogP contribution in [0.15, 0.2) is 84.1 Å². The maximum Gasteiger partial charge on any atom is 0.187 e. The van der Waals surface area contributed by atoms with Gasteiger partial charge in [0, 0.05) is 11.8 Å². The molecule has 0 saturated heterocycles. The summed E-state index contributed by atoms with van der Waals surface area (Å²) in [4.78, 5) is 13.6. The van der Waals surface area contributed by atoms with E-state index in [0.29, 0.717) is 51.3 Å². The zero-order valence-electron chi connectivity index (χ0n) is 20.2. The summed E-state index contributed by atoms with van der Waals surface area (Å²) in [5.41, 5.74) is 3.88. The second-order valence-corrected chi connectivity index (χ2v) is 9.86. The fourth-order valence-corrected chi connectivity index (χ4v) is 5.04. The van der Waals surface area contributed by atoms with E-state index >= 15 is 0 Å². The third-order valence-electron chi connectivity index (χ3n) is 5.78. The number of nitrogens with zero attached hydrogens (tertiary/aromatic N) is 4. The van der Waals surface area contributed by atoms with E-state index in [1.165, 1.54) is 11.8 Å². The molecular formula is C28H22Cl2N4O3S. The first-order valence-corrected chi connectivity index (χ1v) is 13.5. The predicted octanol–water partition coefficient (Wildman–Crippen LogP) is 7.01. The summed E-state index contributed by atoms with van der Waals surface area (Å²) < 4.78 is 6.98. The van der Waals surface area contributed by atoms with Crippen LogP contribution in [0.5, 0.6) is 5.75 Å². The van der Waals surface area contributed by atoms with E-state index in [-0.39, 0.29) is 22.5 Å². The summed E-state index contributed by atoms with van der Waals surface area (Å²) in [5, 5.41) is 22.0. The van der Waals surface area contributed by atoms with Gasteiger partial charge in [-0.25, -0.2) is 15.0 Å². The highest BCUT2D eigenvalue weighted by atomic mass is 35.5. The maximum atomic E-state index is 11.5. The first-order valence-electron chi connectivity index (χ1n) is 11.5. The molecule has 2 aromatic heterocycles. The lowest BCUT2D eigenvalue weighted by molar-refractivity contribution is 0.195. The molecule has 5 rings (SSSR count). The van der Waals surface area contributed by atoms with Gasteiger partial charge in [-0.1, -0.05) is 77.4 Å². The van der Waals surface area contributed by atoms with E-state index in [2.05, 4.69) is 9.97 Å². The number of halogens is 2. The summed E-state index contributed by atoms with van der Waals surface area (Å²) in [6, 6.07) is 22.1. The summed E-state index contributed by atoms with van der Waals surface area (Å²) in [5.74, 6) is 0.755. The standard InChI is InChI=1S/C28H22Cl2N4O3S/c1-38-28-31-11-10-23(32-28)25-26(19-8-5-9-20(14-19)37-16-17-6-3-2-4-7-17)34(36)27(33-25)24-21(29)12-18(15-35)13-22(24)30/h2-14,35-36H,15-16H2,1H3. The van der Waals surface area contributed by atoms with E-state index in [1.54, 1.807) is 24.4 Å². The third-order valence-corrected chi connectivity index (χ3v) is 6.94. The lowest BCUT2D eigenvalue weighted by Crippen LogP contribution is -2.00. The molecule has 38 heavy (non-hydrogen) atoms. The van der Waals surface area contributed by atoms with Crippen LogP contribution >= 0.6 is 35.0 Å². The highest BCUT2D eigenvalue weighted by Crippen LogP contribution is 2.41. The van der Waals surface area contributed by atoms with E-state index in [9.17, 15) is 10.3 Å². The number of aliphatic hydroxyl groups excluding tert-OH is 1. The third kappa shape index (κ3) is 5.35. The van der Waals surface area contributed by atoms with E-state index in [4.69, 9.17) is 32.9 Å². The summed E-state index contributed by atoms with van der Waals surface area (Å²) in [6.07, 6.45) is 3.52. The van der Waals surface area contributed by atoms with Gasteiger partial charge >= 0.3 is 0 Å². The van der Waals surface area contributed by atoms with Crippen LogP contribution in [0.25, 0.3) is 34.0 Å². The van der Waals surface area contributed by atoms with Gasteiger partial charge in [0.1, 0.15) is 23.7 Å². The van der Waals surface area contributed by atoms with Gasteiger partial charge in [0.15, 0.2) is 11.0 Å². The lowest BCUT2D eigenvalue weighted by atomic mass is 10.1. The Morgan fingerprint density at radius 3 is 2.39 bits per heavy atom. The van der Waals surface area contributed by atoms with Crippen LogP contribution in [0.2, 0.25) is 10.0 Å². The molecule has 192 valence electrons. The second-order valence-electron chi connectivity index (χ2n) is 8.27. The van der Waals surface area contributed by atoms with Gasteiger partial charge in [0.2, 0.25) is 0 Å². The molecule has 0 spiro atoms. The van der Waals surface area contributed by atoms with Crippen molar-refractivity contribution in [3.63, 3.8) is 0 Å². The smallest absolute Gasteiger partial charge is 0.187 e. The molecule has 0 radical (unpaired) electrons. The molecule has 5 aromatic rings. The molecule has 0 aliphatic rings. The first-order chi connectivity index (χ1) is 18.5. The fraction of sp³-hybridized carbons (Fsp3) is 0.107. The number of benzene rings is 3. The molecule has 0 aliphatic heterocycles. The van der Waals surface area contributed by atoms with Crippen molar-refractivity contribution in [1.82, 2.24) is 19.7 Å². The Bertz CT molecular complexity index is 1570. The molecule has 10 heteroatoms. The number of rotatable bonds is 8. The molecular weight excluding hydrogens is 543 g/mol. The minimum Gasteiger partial charge on any atom is -0.489 e. The Balaban J connectivity index is 1.64. The number of thioether (sulfide) groups is 1. The van der Waals surface area contributed by atoms with Crippen molar-refractivity contribution in [2.75, 3.05) is 6.26 Å². The molecule has 0 aliphatic carbocycles. The number of aliphatic hydroxyl groups is 1. The van der Waals surface area contributed by atoms with Gasteiger partial charge in [-0.3, -0.25) is 0 Å². The zero-order chi connectivity index (χ0) is 26.6. The van der Waals surface area contributed by atoms with Crippen molar-refractivity contribution in [2.45, 2.75) is 18.4 Å². The highest BCUT2D eigenvalue weighted by Gasteiger charge is 2.25. The summed E-state index contributed by atoms with van der Waals surface area (Å²) >= 11 is 14.5. The van der Waals surface area contributed by atoms with Crippen LogP contribution in [0.3, 0.4) is 0 Å². The molecule has 3 aromatic carbocycles. The van der Waals surface area contributed by atoms with Crippen LogP contribution in [0.4, 0.5) is 0 Å². The van der Waals surface area contributed by atoms with Gasteiger partial charge in [-0.2, -0.15) is 4.73 Å². The largest absolute Gasteiger partial charge is 0.489 e. The molecule has 0 amide bonds. The monoisotopic (exact) mass is 564 g/mol. The predicted molar refractivity (Wildman–Crippen MR) is 150 cm³/mol. The normalized spacial score (nSPS) is 11.1. The van der Waals surface area contributed by atoms with Crippen LogP contribution in [-0.4, -0.2) is 36.3 Å². The van der Waals surface area contributed by atoms with Crippen molar-refractivity contribution in [3.8, 4) is 39.8 Å². The average Bonchev–Trinajstić information content (AvgIpc) is 3.28. The molecule has 7 nitrogen and oxygen atoms in total. The van der Waals surface area contributed by atoms with Gasteiger partial charge < -0.3 is 15.1 Å². The van der Waals surface area contributed by atoms with E-state index < -0.39 is 0 Å². The van der Waals surface area contributed by atoms with Crippen LogP contribution in [-0.2, 0) is 13.2 Å². The van der Waals surface area contributed by atoms with E-state index in [0.717, 1.165) is 10.3 Å². The van der Waals surface area contributed by atoms with Crippen molar-refractivity contribution in [1.29, 1.82) is 0 Å². The SMILES string of the molecule is CSc1nccc(-c2nc(-c3c(Cl)cc(CO)cc3Cl)n(O)c2-c2cccc(OCc3ccccc3)c2)n1. The Hall–Kier alpha value is -3.56. The molecule has 0 fully saturated rings. The molecule has 0 unspecified atom stereocenters. The minimum atomic E-state index is -0.224. The maximum absolute atomic E-state index is 11.5. The Labute approximate surface area is 233 Å². The first kappa shape index (κ1) is 26.1. The van der Waals surface area contributed by atoms with E-state index in [1.807, 2.05) is 60.9 Å². The Morgan fingerprint density at radius 1 is 0.921 bits per heavy atom. The van der Waals surface area contributed by atoms with Crippen LogP contribution in [0.1, 0.15) is 11.1 Å². The van der Waals surface area contributed by atoms with Crippen molar-refractivity contribution < 1.29 is 15.1 Å². The zero-order valence-corrected chi connectivity index (χ0v) is 22.5. The second kappa shape index (κ2) is 11.4. The number of imidazole rings is 1. The van der Waals surface area contributed by atoms with Gasteiger partial charge in [0.05, 0.1) is 27.9 Å². The molecule has 0 saturated carbocycles. The molecule has 2 heterocycles. The Kier molecular flexibility index (Phi) is 7.85. The number of hydrogen-bond acceptors (Lipinski definition) is 7. The summed E-state index contributed by atoms with van der Waals surface area (Å²) in [6.45, 7) is 0.171. The highest BCUT2D eigenvalue weighted by molar-refractivity contribution is 7.98. The van der Waals surface area contributed by atoms with Gasteiger partial charge in [0.25, 0.3) is 0 Å². The summed E-state index contributed by atoms with van der Waals surface area (Å²) in [7, 11) is 0. The minimum absolute atomic E-state index is 0.134. The lowest BCUT2D eigenvalue weighted by Gasteiger charge is -2.11. The van der Waals surface area contributed by atoms with Crippen molar-refractivity contribution in [3.05, 3.63) is 100 Å². The molecule has 0 bridgehead atoms. The molecule has 2 N–H and O–H groups in total. The van der Waals surface area contributed by atoms with Crippen LogP contribution in [0, 0.1) is 0 Å². The molecule has 0 atom stereocenters. The average molecular weight is 565 g/mol. The number of aromatic nitrogens is 4. The Morgan fingerprint density at radius 2 is 1.68 bits per heavy atom. The quantitative estimate of drug-likeness (QED) is 0.119. The van der Waals surface area contributed by atoms with Gasteiger partial charge in [-0.15, -0.1) is 0 Å². The fourth-order valence-electron chi connectivity index (χ4n) is 3.99. The van der Waals surface area contributed by atoms with Crippen molar-refractivity contribution in [2.24, 2.45) is 0 Å². The number of hydrogen-bond donors (Lipinski definition) is 2. The number of ether oxygens (including phenoxy) is 1.